The summed E-state index contributed by atoms with van der Waals surface area (Å²) in [6.45, 7) is 1.87. The molecule has 1 N–H and O–H groups in total. The Hall–Kier alpha value is -1.68. The van der Waals surface area contributed by atoms with Gasteiger partial charge in [-0.05, 0) is 30.6 Å². The van der Waals surface area contributed by atoms with Crippen molar-refractivity contribution in [2.45, 2.75) is 6.92 Å². The molecular weight excluding hydrogens is 210 g/mol. The summed E-state index contributed by atoms with van der Waals surface area (Å²) in [4.78, 5) is 11.0. The van der Waals surface area contributed by atoms with Gasteiger partial charge in [0, 0.05) is 10.9 Å². The maximum absolute atomic E-state index is 11.0. The average molecular weight is 219 g/mol. The maximum Gasteiger partial charge on any atom is 0.336 e. The molecule has 15 heavy (non-hydrogen) atoms. The van der Waals surface area contributed by atoms with Crippen LogP contribution in [0.25, 0.3) is 11.3 Å². The van der Waals surface area contributed by atoms with Gasteiger partial charge in [0.1, 0.15) is 0 Å². The summed E-state index contributed by atoms with van der Waals surface area (Å²) >= 11 is 1.32. The molecule has 2 aromatic rings. The van der Waals surface area contributed by atoms with Gasteiger partial charge in [0.2, 0.25) is 0 Å². The highest BCUT2D eigenvalue weighted by Crippen LogP contribution is 2.24. The number of hydrogen-bond acceptors (Lipinski definition) is 3. The van der Waals surface area contributed by atoms with Gasteiger partial charge in [-0.3, -0.25) is 0 Å². The Bertz CT molecular complexity index is 491. The molecule has 0 bridgehead atoms. The third kappa shape index (κ3) is 1.89. The van der Waals surface area contributed by atoms with Gasteiger partial charge in [0.15, 0.2) is 0 Å². The van der Waals surface area contributed by atoms with Crippen molar-refractivity contribution in [3.8, 4) is 11.3 Å². The molecule has 0 aliphatic carbocycles. The number of carboxylic acid groups (broad SMARTS) is 1. The zero-order chi connectivity index (χ0) is 10.8. The van der Waals surface area contributed by atoms with Crippen LogP contribution in [0.2, 0.25) is 0 Å². The van der Waals surface area contributed by atoms with E-state index in [4.69, 9.17) is 5.11 Å². The first-order valence-corrected chi connectivity index (χ1v) is 5.27. The molecule has 0 radical (unpaired) electrons. The summed E-state index contributed by atoms with van der Waals surface area (Å²) in [5.41, 5.74) is 2.64. The van der Waals surface area contributed by atoms with E-state index >= 15 is 0 Å². The molecule has 0 aliphatic heterocycles. The highest BCUT2D eigenvalue weighted by atomic mass is 32.1. The van der Waals surface area contributed by atoms with Crippen molar-refractivity contribution in [3.05, 3.63) is 40.8 Å². The van der Waals surface area contributed by atoms with Gasteiger partial charge in [-0.25, -0.2) is 4.79 Å². The number of nitrogens with zero attached hydrogens (tertiary/aromatic N) is 1. The van der Waals surface area contributed by atoms with Crippen molar-refractivity contribution in [1.82, 2.24) is 4.37 Å². The largest absolute Gasteiger partial charge is 0.478 e. The van der Waals surface area contributed by atoms with E-state index in [1.807, 2.05) is 24.4 Å². The Kier molecular flexibility index (Phi) is 2.51. The van der Waals surface area contributed by atoms with E-state index in [9.17, 15) is 4.79 Å². The fourth-order valence-corrected chi connectivity index (χ4v) is 1.93. The normalized spacial score (nSPS) is 10.2. The van der Waals surface area contributed by atoms with Gasteiger partial charge in [-0.1, -0.05) is 17.7 Å². The number of rotatable bonds is 2. The second kappa shape index (κ2) is 3.82. The van der Waals surface area contributed by atoms with Crippen LogP contribution in [0.15, 0.2) is 29.6 Å². The van der Waals surface area contributed by atoms with E-state index in [0.717, 1.165) is 11.3 Å². The van der Waals surface area contributed by atoms with Crippen LogP contribution in [0.1, 0.15) is 15.9 Å². The molecule has 4 heteroatoms. The summed E-state index contributed by atoms with van der Waals surface area (Å²) in [5.74, 6) is -0.915. The van der Waals surface area contributed by atoms with E-state index in [-0.39, 0.29) is 0 Å². The zero-order valence-corrected chi connectivity index (χ0v) is 8.91. The fourth-order valence-electron chi connectivity index (χ4n) is 1.41. The third-order valence-corrected chi connectivity index (χ3v) is 2.68. The van der Waals surface area contributed by atoms with Crippen LogP contribution in [0.5, 0.6) is 0 Å². The number of carboxylic acids is 1. The Labute approximate surface area is 91.2 Å². The predicted octanol–water partition coefficient (Wildman–Crippen LogP) is 2.82. The molecule has 0 aliphatic rings. The van der Waals surface area contributed by atoms with Crippen LogP contribution < -0.4 is 0 Å². The Morgan fingerprint density at radius 2 is 2.20 bits per heavy atom. The second-order valence-electron chi connectivity index (χ2n) is 3.24. The molecule has 76 valence electrons. The van der Waals surface area contributed by atoms with Gasteiger partial charge in [0.05, 0.1) is 11.3 Å². The van der Waals surface area contributed by atoms with E-state index in [0.29, 0.717) is 11.1 Å². The quantitative estimate of drug-likeness (QED) is 0.844. The first-order valence-electron chi connectivity index (χ1n) is 4.43. The molecule has 0 atom stereocenters. The van der Waals surface area contributed by atoms with Crippen molar-refractivity contribution in [1.29, 1.82) is 0 Å². The molecular formula is C11H9NO2S. The van der Waals surface area contributed by atoms with E-state index in [1.165, 1.54) is 11.5 Å². The summed E-state index contributed by atoms with van der Waals surface area (Å²) in [5, 5.41) is 10.9. The number of aromatic nitrogens is 1. The lowest BCUT2D eigenvalue weighted by Crippen LogP contribution is -2.00. The highest BCUT2D eigenvalue weighted by Gasteiger charge is 2.12. The van der Waals surface area contributed by atoms with Crippen LogP contribution in [0.3, 0.4) is 0 Å². The lowest BCUT2D eigenvalue weighted by Gasteiger charge is -2.03. The lowest BCUT2D eigenvalue weighted by molar-refractivity contribution is 0.0697. The van der Waals surface area contributed by atoms with Gasteiger partial charge >= 0.3 is 5.97 Å². The monoisotopic (exact) mass is 219 g/mol. The van der Waals surface area contributed by atoms with Crippen LogP contribution in [-0.2, 0) is 0 Å². The summed E-state index contributed by atoms with van der Waals surface area (Å²) < 4.78 is 4.14. The minimum absolute atomic E-state index is 0.306. The van der Waals surface area contributed by atoms with Crippen molar-refractivity contribution < 1.29 is 9.90 Å². The summed E-state index contributed by atoms with van der Waals surface area (Å²) in [6, 6.07) is 7.17. The van der Waals surface area contributed by atoms with Crippen LogP contribution >= 0.6 is 11.5 Å². The van der Waals surface area contributed by atoms with Crippen LogP contribution in [0, 0.1) is 6.92 Å². The fraction of sp³-hybridized carbons (Fsp3) is 0.0909. The van der Waals surface area contributed by atoms with Gasteiger partial charge < -0.3 is 5.11 Å². The van der Waals surface area contributed by atoms with Crippen molar-refractivity contribution in [3.63, 3.8) is 0 Å². The number of carbonyl (C=O) groups is 1. The molecule has 2 rings (SSSR count). The van der Waals surface area contributed by atoms with E-state index < -0.39 is 5.97 Å². The molecule has 0 saturated carbocycles. The van der Waals surface area contributed by atoms with E-state index in [2.05, 4.69) is 4.37 Å². The Balaban J connectivity index is 2.61. The number of benzene rings is 1. The first-order chi connectivity index (χ1) is 7.18. The minimum atomic E-state index is -0.915. The van der Waals surface area contributed by atoms with Crippen LogP contribution in [-0.4, -0.2) is 15.4 Å². The molecule has 0 unspecified atom stereocenters. The predicted molar refractivity (Wildman–Crippen MR) is 59.2 cm³/mol. The lowest BCUT2D eigenvalue weighted by atomic mass is 10.0. The minimum Gasteiger partial charge on any atom is -0.478 e. The van der Waals surface area contributed by atoms with Crippen molar-refractivity contribution in [2.24, 2.45) is 0 Å². The number of hydrogen-bond donors (Lipinski definition) is 1. The topological polar surface area (TPSA) is 50.2 Å². The molecule has 0 saturated heterocycles. The van der Waals surface area contributed by atoms with E-state index in [1.54, 1.807) is 12.1 Å². The van der Waals surface area contributed by atoms with Gasteiger partial charge in [0.25, 0.3) is 0 Å². The Morgan fingerprint density at radius 3 is 2.80 bits per heavy atom. The smallest absolute Gasteiger partial charge is 0.336 e. The maximum atomic E-state index is 11.0. The molecule has 1 aromatic heterocycles. The van der Waals surface area contributed by atoms with Crippen molar-refractivity contribution in [2.75, 3.05) is 0 Å². The zero-order valence-electron chi connectivity index (χ0n) is 8.10. The molecule has 1 aromatic carbocycles. The Morgan fingerprint density at radius 1 is 1.40 bits per heavy atom. The molecule has 1 heterocycles. The first kappa shape index (κ1) is 9.86. The molecule has 0 amide bonds. The highest BCUT2D eigenvalue weighted by molar-refractivity contribution is 7.03. The molecule has 0 fully saturated rings. The van der Waals surface area contributed by atoms with Crippen molar-refractivity contribution >= 4 is 17.5 Å². The average Bonchev–Trinajstić information content (AvgIpc) is 2.70. The van der Waals surface area contributed by atoms with Crippen LogP contribution in [0.4, 0.5) is 0 Å². The number of aryl methyl sites for hydroxylation is 1. The van der Waals surface area contributed by atoms with Gasteiger partial charge in [-0.15, -0.1) is 0 Å². The third-order valence-electron chi connectivity index (χ3n) is 2.12. The molecule has 3 nitrogen and oxygen atoms in total. The number of aromatic carboxylic acids is 1. The second-order valence-corrected chi connectivity index (χ2v) is 3.90. The SMILES string of the molecule is Cc1ccc(-c2ccsn2)c(C(=O)O)c1. The molecule has 0 spiro atoms. The summed E-state index contributed by atoms with van der Waals surface area (Å²) in [6.07, 6.45) is 0. The standard InChI is InChI=1S/C11H9NO2S/c1-7-2-3-8(9(6-7)11(13)14)10-4-5-15-12-10/h2-6H,1H3,(H,13,14). The van der Waals surface area contributed by atoms with Gasteiger partial charge in [-0.2, -0.15) is 4.37 Å². The summed E-state index contributed by atoms with van der Waals surface area (Å²) in [7, 11) is 0.